The molecule has 1 aromatic carbocycles. The first-order chi connectivity index (χ1) is 10.6. The molecule has 1 amide bonds. The quantitative estimate of drug-likeness (QED) is 0.726. The third-order valence-corrected chi connectivity index (χ3v) is 4.62. The highest BCUT2D eigenvalue weighted by atomic mass is 16.5. The summed E-state index contributed by atoms with van der Waals surface area (Å²) in [4.78, 5) is 12.2. The van der Waals surface area contributed by atoms with Gasteiger partial charge in [-0.2, -0.15) is 0 Å². The Morgan fingerprint density at radius 1 is 1.45 bits per heavy atom. The predicted octanol–water partition coefficient (Wildman–Crippen LogP) is 2.93. The first kappa shape index (κ1) is 17.0. The summed E-state index contributed by atoms with van der Waals surface area (Å²) in [5.74, 6) is -0.297. The summed E-state index contributed by atoms with van der Waals surface area (Å²) in [5.41, 5.74) is 6.18. The number of ether oxygens (including phenoxy) is 1. The SMILES string of the molecule is CCCCO[C@@H]1CCC[C@@]1(N[C@@H](C)c1ccccc1)C(N)=O. The molecule has 4 nitrogen and oxygen atoms in total. The van der Waals surface area contributed by atoms with Crippen molar-refractivity contribution in [2.45, 2.75) is 63.6 Å². The summed E-state index contributed by atoms with van der Waals surface area (Å²) in [6.07, 6.45) is 4.58. The average molecular weight is 304 g/mol. The van der Waals surface area contributed by atoms with Gasteiger partial charge in [0.05, 0.1) is 6.10 Å². The zero-order valence-electron chi connectivity index (χ0n) is 13.7. The van der Waals surface area contributed by atoms with Gasteiger partial charge in [-0.3, -0.25) is 10.1 Å². The molecule has 1 fully saturated rings. The van der Waals surface area contributed by atoms with Gasteiger partial charge < -0.3 is 10.5 Å². The third kappa shape index (κ3) is 3.68. The van der Waals surface area contributed by atoms with E-state index in [4.69, 9.17) is 10.5 Å². The maximum atomic E-state index is 12.2. The summed E-state index contributed by atoms with van der Waals surface area (Å²) in [7, 11) is 0. The fourth-order valence-electron chi connectivity index (χ4n) is 3.30. The Labute approximate surface area is 133 Å². The molecule has 0 aliphatic heterocycles. The lowest BCUT2D eigenvalue weighted by Crippen LogP contribution is -2.61. The molecule has 0 spiro atoms. The lowest BCUT2D eigenvalue weighted by atomic mass is 9.91. The fourth-order valence-corrected chi connectivity index (χ4v) is 3.30. The van der Waals surface area contributed by atoms with Gasteiger partial charge in [0, 0.05) is 12.6 Å². The molecule has 22 heavy (non-hydrogen) atoms. The van der Waals surface area contributed by atoms with Crippen LogP contribution in [-0.2, 0) is 9.53 Å². The van der Waals surface area contributed by atoms with Crippen LogP contribution in [0.4, 0.5) is 0 Å². The van der Waals surface area contributed by atoms with E-state index in [1.165, 1.54) is 0 Å². The monoisotopic (exact) mass is 304 g/mol. The molecule has 0 bridgehead atoms. The van der Waals surface area contributed by atoms with Crippen molar-refractivity contribution in [3.63, 3.8) is 0 Å². The molecule has 3 atom stereocenters. The van der Waals surface area contributed by atoms with Crippen molar-refractivity contribution < 1.29 is 9.53 Å². The highest BCUT2D eigenvalue weighted by Crippen LogP contribution is 2.35. The summed E-state index contributed by atoms with van der Waals surface area (Å²) in [5, 5.41) is 3.49. The van der Waals surface area contributed by atoms with Gasteiger partial charge in [-0.05, 0) is 38.2 Å². The number of hydrogen-bond acceptors (Lipinski definition) is 3. The van der Waals surface area contributed by atoms with E-state index in [2.05, 4.69) is 31.3 Å². The van der Waals surface area contributed by atoms with Crippen molar-refractivity contribution in [1.82, 2.24) is 5.32 Å². The van der Waals surface area contributed by atoms with Crippen molar-refractivity contribution in [2.75, 3.05) is 6.61 Å². The van der Waals surface area contributed by atoms with Crippen LogP contribution in [0.3, 0.4) is 0 Å². The average Bonchev–Trinajstić information content (AvgIpc) is 2.92. The van der Waals surface area contributed by atoms with E-state index in [-0.39, 0.29) is 18.1 Å². The molecule has 0 heterocycles. The van der Waals surface area contributed by atoms with Gasteiger partial charge in [0.1, 0.15) is 5.54 Å². The van der Waals surface area contributed by atoms with Crippen LogP contribution < -0.4 is 11.1 Å². The van der Waals surface area contributed by atoms with Crippen molar-refractivity contribution in [1.29, 1.82) is 0 Å². The number of hydrogen-bond donors (Lipinski definition) is 2. The number of nitrogens with two attached hydrogens (primary N) is 1. The van der Waals surface area contributed by atoms with Gasteiger partial charge in [-0.1, -0.05) is 43.7 Å². The molecule has 1 aliphatic rings. The lowest BCUT2D eigenvalue weighted by Gasteiger charge is -2.36. The zero-order valence-corrected chi connectivity index (χ0v) is 13.7. The first-order valence-corrected chi connectivity index (χ1v) is 8.34. The van der Waals surface area contributed by atoms with Gasteiger partial charge in [0.2, 0.25) is 5.91 Å². The second-order valence-electron chi connectivity index (χ2n) is 6.22. The normalized spacial score (nSPS) is 26.0. The molecule has 4 heteroatoms. The largest absolute Gasteiger partial charge is 0.376 e. The number of benzene rings is 1. The third-order valence-electron chi connectivity index (χ3n) is 4.62. The van der Waals surface area contributed by atoms with Crippen LogP contribution in [0.5, 0.6) is 0 Å². The second-order valence-corrected chi connectivity index (χ2v) is 6.22. The minimum atomic E-state index is -0.747. The Bertz CT molecular complexity index is 477. The van der Waals surface area contributed by atoms with Crippen LogP contribution >= 0.6 is 0 Å². The lowest BCUT2D eigenvalue weighted by molar-refractivity contribution is -0.130. The van der Waals surface area contributed by atoms with E-state index in [9.17, 15) is 4.79 Å². The molecule has 122 valence electrons. The van der Waals surface area contributed by atoms with E-state index in [0.29, 0.717) is 6.61 Å². The van der Waals surface area contributed by atoms with Crippen LogP contribution in [0.25, 0.3) is 0 Å². The Morgan fingerprint density at radius 2 is 2.18 bits per heavy atom. The number of carbonyl (C=O) groups is 1. The highest BCUT2D eigenvalue weighted by molar-refractivity contribution is 5.86. The molecule has 1 aromatic rings. The fraction of sp³-hybridized carbons (Fsp3) is 0.611. The summed E-state index contributed by atoms with van der Waals surface area (Å²) < 4.78 is 5.99. The molecule has 2 rings (SSSR count). The van der Waals surface area contributed by atoms with Crippen molar-refractivity contribution in [3.05, 3.63) is 35.9 Å². The topological polar surface area (TPSA) is 64.3 Å². The van der Waals surface area contributed by atoms with Crippen LogP contribution in [0.1, 0.15) is 57.6 Å². The number of rotatable bonds is 8. The molecular formula is C18H28N2O2. The Balaban J connectivity index is 2.12. The standard InChI is InChI=1S/C18H28N2O2/c1-3-4-13-22-16-11-8-12-18(16,17(19)21)20-14(2)15-9-6-5-7-10-15/h5-7,9-10,14,16,20H,3-4,8,11-13H2,1-2H3,(H2,19,21)/t14-,16+,18-/m0/s1. The van der Waals surface area contributed by atoms with Crippen LogP contribution in [0, 0.1) is 0 Å². The molecule has 0 radical (unpaired) electrons. The van der Waals surface area contributed by atoms with E-state index in [1.54, 1.807) is 0 Å². The van der Waals surface area contributed by atoms with Crippen molar-refractivity contribution in [2.24, 2.45) is 5.73 Å². The number of amides is 1. The minimum absolute atomic E-state index is 0.0593. The van der Waals surface area contributed by atoms with Crippen LogP contribution in [0.15, 0.2) is 30.3 Å². The van der Waals surface area contributed by atoms with Gasteiger partial charge >= 0.3 is 0 Å². The van der Waals surface area contributed by atoms with Gasteiger partial charge in [-0.15, -0.1) is 0 Å². The maximum Gasteiger partial charge on any atom is 0.240 e. The Hall–Kier alpha value is -1.39. The predicted molar refractivity (Wildman–Crippen MR) is 88.4 cm³/mol. The maximum absolute atomic E-state index is 12.2. The van der Waals surface area contributed by atoms with Gasteiger partial charge in [0.15, 0.2) is 0 Å². The number of nitrogens with one attached hydrogen (secondary N) is 1. The van der Waals surface area contributed by atoms with Crippen LogP contribution in [-0.4, -0.2) is 24.2 Å². The smallest absolute Gasteiger partial charge is 0.240 e. The van der Waals surface area contributed by atoms with E-state index in [0.717, 1.165) is 37.7 Å². The Kier molecular flexibility index (Phi) is 5.98. The minimum Gasteiger partial charge on any atom is -0.376 e. The van der Waals surface area contributed by atoms with Crippen molar-refractivity contribution in [3.8, 4) is 0 Å². The van der Waals surface area contributed by atoms with E-state index < -0.39 is 5.54 Å². The molecule has 0 aromatic heterocycles. The van der Waals surface area contributed by atoms with E-state index in [1.807, 2.05) is 18.2 Å². The number of unbranched alkanes of at least 4 members (excludes halogenated alkanes) is 1. The van der Waals surface area contributed by atoms with E-state index >= 15 is 0 Å². The number of primary amides is 1. The van der Waals surface area contributed by atoms with Crippen LogP contribution in [0.2, 0.25) is 0 Å². The second kappa shape index (κ2) is 7.75. The summed E-state index contributed by atoms with van der Waals surface area (Å²) >= 11 is 0. The molecule has 3 N–H and O–H groups in total. The highest BCUT2D eigenvalue weighted by Gasteiger charge is 2.49. The summed E-state index contributed by atoms with van der Waals surface area (Å²) in [6, 6.07) is 10.2. The molecule has 1 aliphatic carbocycles. The zero-order chi connectivity index (χ0) is 16.0. The molecule has 1 saturated carbocycles. The number of carbonyl (C=O) groups excluding carboxylic acids is 1. The molecule has 0 saturated heterocycles. The van der Waals surface area contributed by atoms with Gasteiger partial charge in [-0.25, -0.2) is 0 Å². The molecule has 0 unspecified atom stereocenters. The first-order valence-electron chi connectivity index (χ1n) is 8.34. The van der Waals surface area contributed by atoms with Crippen molar-refractivity contribution >= 4 is 5.91 Å². The Morgan fingerprint density at radius 3 is 2.82 bits per heavy atom. The summed E-state index contributed by atoms with van der Waals surface area (Å²) in [6.45, 7) is 4.90. The van der Waals surface area contributed by atoms with Gasteiger partial charge in [0.25, 0.3) is 0 Å². The molecular weight excluding hydrogens is 276 g/mol.